The predicted molar refractivity (Wildman–Crippen MR) is 120 cm³/mol. The van der Waals surface area contributed by atoms with Crippen molar-refractivity contribution in [1.29, 1.82) is 0 Å². The van der Waals surface area contributed by atoms with Crippen molar-refractivity contribution in [1.82, 2.24) is 19.6 Å². The third-order valence-corrected chi connectivity index (χ3v) is 6.94. The molecule has 2 heterocycles. The van der Waals surface area contributed by atoms with E-state index in [2.05, 4.69) is 35.8 Å². The van der Waals surface area contributed by atoms with Crippen molar-refractivity contribution in [3.05, 3.63) is 83.6 Å². The minimum absolute atomic E-state index is 0.157. The number of halogens is 1. The summed E-state index contributed by atoms with van der Waals surface area (Å²) in [6.07, 6.45) is 1.60. The molecule has 0 aliphatic carbocycles. The average Bonchev–Trinajstić information content (AvgIpc) is 3.26. The second kappa shape index (κ2) is 7.64. The summed E-state index contributed by atoms with van der Waals surface area (Å²) in [7, 11) is -3.73. The minimum Gasteiger partial charge on any atom is -0.436 e. The van der Waals surface area contributed by atoms with Gasteiger partial charge in [-0.2, -0.15) is 0 Å². The van der Waals surface area contributed by atoms with Crippen LogP contribution in [-0.4, -0.2) is 28.0 Å². The van der Waals surface area contributed by atoms with Crippen molar-refractivity contribution >= 4 is 48.3 Å². The summed E-state index contributed by atoms with van der Waals surface area (Å²) < 4.78 is 36.1. The van der Waals surface area contributed by atoms with Gasteiger partial charge in [-0.1, -0.05) is 24.3 Å². The molecule has 5 aromatic rings. The van der Waals surface area contributed by atoms with E-state index in [0.717, 1.165) is 11.0 Å². The van der Waals surface area contributed by atoms with Crippen LogP contribution < -0.4 is 9.46 Å². The average molecular weight is 496 g/mol. The largest absolute Gasteiger partial charge is 0.436 e. The maximum absolute atomic E-state index is 12.6. The van der Waals surface area contributed by atoms with E-state index in [0.29, 0.717) is 27.4 Å². The van der Waals surface area contributed by atoms with Crippen LogP contribution in [0.5, 0.6) is 11.6 Å². The van der Waals surface area contributed by atoms with Gasteiger partial charge >= 0.3 is 0 Å². The second-order valence-electron chi connectivity index (χ2n) is 6.59. The predicted octanol–water partition coefficient (Wildman–Crippen LogP) is 4.63. The number of nitrogens with zero attached hydrogens (tertiary/aromatic N) is 4. The fraction of sp³-hybridized carbons (Fsp3) is 0. The van der Waals surface area contributed by atoms with Gasteiger partial charge in [-0.15, -0.1) is 10.2 Å². The summed E-state index contributed by atoms with van der Waals surface area (Å²) >= 11 is 3.27. The molecule has 0 bridgehead atoms. The van der Waals surface area contributed by atoms with E-state index in [1.165, 1.54) is 6.07 Å². The number of fused-ring (bicyclic) bond motifs is 3. The van der Waals surface area contributed by atoms with Gasteiger partial charge in [0.05, 0.1) is 11.0 Å². The van der Waals surface area contributed by atoms with Crippen LogP contribution in [0.2, 0.25) is 0 Å². The molecule has 0 saturated heterocycles. The zero-order valence-corrected chi connectivity index (χ0v) is 18.2. The van der Waals surface area contributed by atoms with Gasteiger partial charge in [-0.05, 0) is 64.5 Å². The van der Waals surface area contributed by atoms with Crippen LogP contribution in [0.1, 0.15) is 0 Å². The molecule has 154 valence electrons. The smallest absolute Gasteiger partial charge is 0.266 e. The zero-order chi connectivity index (χ0) is 21.4. The van der Waals surface area contributed by atoms with E-state index in [4.69, 9.17) is 4.74 Å². The molecule has 0 atom stereocenters. The maximum Gasteiger partial charge on any atom is 0.266 e. The van der Waals surface area contributed by atoms with Gasteiger partial charge in [0.1, 0.15) is 17.0 Å². The number of ether oxygens (including phenoxy) is 1. The Bertz CT molecular complexity index is 1520. The Morgan fingerprint density at radius 1 is 0.935 bits per heavy atom. The number of rotatable bonds is 5. The summed E-state index contributed by atoms with van der Waals surface area (Å²) in [6.45, 7) is 0. The molecule has 0 amide bonds. The van der Waals surface area contributed by atoms with Gasteiger partial charge in [0.2, 0.25) is 5.65 Å². The molecule has 10 heteroatoms. The number of sulfonamides is 1. The third-order valence-electron chi connectivity index (χ3n) is 4.55. The van der Waals surface area contributed by atoms with E-state index in [-0.39, 0.29) is 4.90 Å². The van der Waals surface area contributed by atoms with Crippen LogP contribution in [0.3, 0.4) is 0 Å². The lowest BCUT2D eigenvalue weighted by molar-refractivity contribution is 0.467. The van der Waals surface area contributed by atoms with Gasteiger partial charge in [0.15, 0.2) is 0 Å². The van der Waals surface area contributed by atoms with Crippen LogP contribution in [0.4, 0.5) is 5.69 Å². The Morgan fingerprint density at radius 2 is 1.68 bits per heavy atom. The molecule has 2 aromatic heterocycles. The summed E-state index contributed by atoms with van der Waals surface area (Å²) in [6, 6.07) is 20.8. The minimum atomic E-state index is -3.73. The van der Waals surface area contributed by atoms with Crippen LogP contribution in [-0.2, 0) is 10.0 Å². The molecule has 3 aromatic carbocycles. The number of hydrogen-bond acceptors (Lipinski definition) is 6. The van der Waals surface area contributed by atoms with Crippen LogP contribution in [0.25, 0.3) is 16.7 Å². The molecule has 0 aliphatic rings. The normalized spacial score (nSPS) is 11.6. The number of aromatic nitrogens is 4. The standard InChI is InChI=1S/C21H14BrN5O3S/c22-16-5-1-4-8-19(16)31(28,29)26-14-9-11-15(12-10-14)30-21-20-25-23-13-27(20)18-7-3-2-6-17(18)24-21/h1-13,26H. The Hall–Kier alpha value is -3.50. The fourth-order valence-electron chi connectivity index (χ4n) is 3.12. The number of benzene rings is 3. The maximum atomic E-state index is 12.6. The van der Waals surface area contributed by atoms with Gasteiger partial charge in [-0.25, -0.2) is 13.4 Å². The molecule has 0 radical (unpaired) electrons. The Kier molecular flexibility index (Phi) is 4.79. The molecule has 5 rings (SSSR count). The lowest BCUT2D eigenvalue weighted by Gasteiger charge is -2.11. The summed E-state index contributed by atoms with van der Waals surface area (Å²) in [5.41, 5.74) is 2.49. The monoisotopic (exact) mass is 495 g/mol. The van der Waals surface area contributed by atoms with E-state index in [1.807, 2.05) is 24.3 Å². The van der Waals surface area contributed by atoms with Crippen molar-refractivity contribution in [3.8, 4) is 11.6 Å². The van der Waals surface area contributed by atoms with E-state index in [9.17, 15) is 8.42 Å². The van der Waals surface area contributed by atoms with Crippen molar-refractivity contribution < 1.29 is 13.2 Å². The molecular weight excluding hydrogens is 482 g/mol. The molecule has 1 N–H and O–H groups in total. The highest BCUT2D eigenvalue weighted by molar-refractivity contribution is 9.10. The third kappa shape index (κ3) is 3.71. The molecular formula is C21H14BrN5O3S. The van der Waals surface area contributed by atoms with Crippen molar-refractivity contribution in [2.45, 2.75) is 4.90 Å². The first kappa shape index (κ1) is 19.5. The van der Waals surface area contributed by atoms with Gasteiger partial charge in [0, 0.05) is 10.2 Å². The van der Waals surface area contributed by atoms with Crippen molar-refractivity contribution in [2.75, 3.05) is 4.72 Å². The number of anilines is 1. The molecule has 0 saturated carbocycles. The highest BCUT2D eigenvalue weighted by atomic mass is 79.9. The summed E-state index contributed by atoms with van der Waals surface area (Å²) in [5, 5.41) is 8.06. The first-order valence-corrected chi connectivity index (χ1v) is 11.4. The van der Waals surface area contributed by atoms with Crippen molar-refractivity contribution in [2.24, 2.45) is 0 Å². The lowest BCUT2D eigenvalue weighted by atomic mass is 10.3. The van der Waals surface area contributed by atoms with Gasteiger partial charge in [-0.3, -0.25) is 9.12 Å². The quantitative estimate of drug-likeness (QED) is 0.381. The summed E-state index contributed by atoms with van der Waals surface area (Å²) in [5.74, 6) is 0.786. The van der Waals surface area contributed by atoms with Crippen molar-refractivity contribution in [3.63, 3.8) is 0 Å². The molecule has 0 unspecified atom stereocenters. The van der Waals surface area contributed by atoms with E-state index >= 15 is 0 Å². The molecule has 0 aliphatic heterocycles. The SMILES string of the molecule is O=S(=O)(Nc1ccc(Oc2nc3ccccc3n3cnnc23)cc1)c1ccccc1Br. The van der Waals surface area contributed by atoms with Gasteiger partial charge < -0.3 is 4.74 Å². The lowest BCUT2D eigenvalue weighted by Crippen LogP contribution is -2.13. The van der Waals surface area contributed by atoms with E-state index < -0.39 is 10.0 Å². The highest BCUT2D eigenvalue weighted by Crippen LogP contribution is 2.28. The first-order chi connectivity index (χ1) is 15.0. The Labute approximate surface area is 185 Å². The topological polar surface area (TPSA) is 98.5 Å². The van der Waals surface area contributed by atoms with Crippen LogP contribution in [0.15, 0.2) is 88.5 Å². The molecule has 31 heavy (non-hydrogen) atoms. The molecule has 0 fully saturated rings. The summed E-state index contributed by atoms with van der Waals surface area (Å²) in [4.78, 5) is 4.70. The number of nitrogens with one attached hydrogen (secondary N) is 1. The molecule has 8 nitrogen and oxygen atoms in total. The van der Waals surface area contributed by atoms with Crippen LogP contribution >= 0.6 is 15.9 Å². The zero-order valence-electron chi connectivity index (χ0n) is 15.8. The Balaban J connectivity index is 1.42. The second-order valence-corrected chi connectivity index (χ2v) is 9.10. The highest BCUT2D eigenvalue weighted by Gasteiger charge is 2.17. The van der Waals surface area contributed by atoms with Gasteiger partial charge in [0.25, 0.3) is 15.9 Å². The fourth-order valence-corrected chi connectivity index (χ4v) is 5.19. The first-order valence-electron chi connectivity index (χ1n) is 9.15. The molecule has 0 spiro atoms. The number of hydrogen-bond donors (Lipinski definition) is 1. The van der Waals surface area contributed by atoms with E-state index in [1.54, 1.807) is 53.2 Å². The Morgan fingerprint density at radius 3 is 2.48 bits per heavy atom. The van der Waals surface area contributed by atoms with Crippen LogP contribution in [0, 0.1) is 0 Å². The number of para-hydroxylation sites is 2.